The summed E-state index contributed by atoms with van der Waals surface area (Å²) in [6.45, 7) is 3.52. The van der Waals surface area contributed by atoms with E-state index in [-0.39, 0.29) is 6.04 Å². The van der Waals surface area contributed by atoms with Crippen LogP contribution in [0.5, 0.6) is 0 Å². The Hall–Kier alpha value is -1.20. The summed E-state index contributed by atoms with van der Waals surface area (Å²) in [4.78, 5) is 1.28. The summed E-state index contributed by atoms with van der Waals surface area (Å²) in [7, 11) is 0. The van der Waals surface area contributed by atoms with Gasteiger partial charge >= 0.3 is 0 Å². The van der Waals surface area contributed by atoms with E-state index in [0.29, 0.717) is 19.8 Å². The van der Waals surface area contributed by atoms with Crippen LogP contribution in [-0.2, 0) is 11.3 Å². The molecule has 20 heavy (non-hydrogen) atoms. The molecule has 0 aliphatic carbocycles. The van der Waals surface area contributed by atoms with Crippen LogP contribution in [0.4, 0.5) is 0 Å². The first kappa shape index (κ1) is 15.2. The van der Waals surface area contributed by atoms with E-state index in [1.165, 1.54) is 4.88 Å². The molecule has 3 nitrogen and oxygen atoms in total. The average Bonchev–Trinajstić information content (AvgIpc) is 3.00. The lowest BCUT2D eigenvalue weighted by molar-refractivity contribution is 0.0278. The van der Waals surface area contributed by atoms with Crippen LogP contribution in [0.2, 0.25) is 0 Å². The Kier molecular flexibility index (Phi) is 6.21. The SMILES string of the molecule is CC(NCC(O)COCc1ccccc1)c1cccs1. The van der Waals surface area contributed by atoms with Gasteiger partial charge in [-0.1, -0.05) is 36.4 Å². The highest BCUT2D eigenvalue weighted by Gasteiger charge is 2.09. The Morgan fingerprint density at radius 1 is 1.20 bits per heavy atom. The van der Waals surface area contributed by atoms with Gasteiger partial charge in [-0.15, -0.1) is 11.3 Å². The largest absolute Gasteiger partial charge is 0.389 e. The number of aliphatic hydroxyl groups is 1. The number of hydrogen-bond acceptors (Lipinski definition) is 4. The van der Waals surface area contributed by atoms with Crippen molar-refractivity contribution < 1.29 is 9.84 Å². The molecule has 0 aliphatic rings. The van der Waals surface area contributed by atoms with Crippen molar-refractivity contribution in [3.63, 3.8) is 0 Å². The molecule has 2 unspecified atom stereocenters. The summed E-state index contributed by atoms with van der Waals surface area (Å²) in [5.74, 6) is 0. The van der Waals surface area contributed by atoms with Crippen LogP contribution in [0.3, 0.4) is 0 Å². The summed E-state index contributed by atoms with van der Waals surface area (Å²) < 4.78 is 5.52. The molecular formula is C16H21NO2S. The summed E-state index contributed by atoms with van der Waals surface area (Å²) in [6, 6.07) is 14.4. The number of benzene rings is 1. The van der Waals surface area contributed by atoms with Gasteiger partial charge in [0.05, 0.1) is 19.3 Å². The number of ether oxygens (including phenoxy) is 1. The maximum absolute atomic E-state index is 9.89. The second-order valence-corrected chi connectivity index (χ2v) is 5.78. The molecular weight excluding hydrogens is 270 g/mol. The second kappa shape index (κ2) is 8.17. The first-order chi connectivity index (χ1) is 9.75. The van der Waals surface area contributed by atoms with E-state index in [0.717, 1.165) is 5.56 Å². The standard InChI is InChI=1S/C16H21NO2S/c1-13(16-8-5-9-20-16)17-10-15(18)12-19-11-14-6-3-2-4-7-14/h2-9,13,15,17-18H,10-12H2,1H3. The molecule has 0 saturated carbocycles. The second-order valence-electron chi connectivity index (χ2n) is 4.80. The number of nitrogens with one attached hydrogen (secondary N) is 1. The first-order valence-corrected chi connectivity index (χ1v) is 7.70. The Bertz CT molecular complexity index is 472. The molecule has 108 valence electrons. The van der Waals surface area contributed by atoms with Crippen molar-refractivity contribution in [2.75, 3.05) is 13.2 Å². The molecule has 0 aliphatic heterocycles. The quantitative estimate of drug-likeness (QED) is 0.785. The highest BCUT2D eigenvalue weighted by Crippen LogP contribution is 2.17. The zero-order chi connectivity index (χ0) is 14.2. The molecule has 0 amide bonds. The fourth-order valence-corrected chi connectivity index (χ4v) is 2.66. The molecule has 0 bridgehead atoms. The van der Waals surface area contributed by atoms with Crippen LogP contribution in [0, 0.1) is 0 Å². The third-order valence-corrected chi connectivity index (χ3v) is 4.11. The van der Waals surface area contributed by atoms with E-state index in [1.807, 2.05) is 36.4 Å². The van der Waals surface area contributed by atoms with E-state index >= 15 is 0 Å². The van der Waals surface area contributed by atoms with Gasteiger partial charge < -0.3 is 15.2 Å². The number of thiophene rings is 1. The van der Waals surface area contributed by atoms with E-state index in [2.05, 4.69) is 23.7 Å². The van der Waals surface area contributed by atoms with E-state index in [4.69, 9.17) is 4.74 Å². The molecule has 4 heteroatoms. The van der Waals surface area contributed by atoms with Gasteiger partial charge in [-0.3, -0.25) is 0 Å². The fraction of sp³-hybridized carbons (Fsp3) is 0.375. The number of rotatable bonds is 8. The molecule has 1 aromatic heterocycles. The lowest BCUT2D eigenvalue weighted by Gasteiger charge is -2.16. The van der Waals surface area contributed by atoms with E-state index < -0.39 is 6.10 Å². The average molecular weight is 291 g/mol. The Morgan fingerprint density at radius 3 is 2.70 bits per heavy atom. The minimum Gasteiger partial charge on any atom is -0.389 e. The van der Waals surface area contributed by atoms with Crippen LogP contribution in [0.15, 0.2) is 47.8 Å². The van der Waals surface area contributed by atoms with Crippen molar-refractivity contribution in [1.29, 1.82) is 0 Å². The third-order valence-electron chi connectivity index (χ3n) is 3.05. The monoisotopic (exact) mass is 291 g/mol. The van der Waals surface area contributed by atoms with Gasteiger partial charge in [-0.2, -0.15) is 0 Å². The molecule has 2 N–H and O–H groups in total. The zero-order valence-electron chi connectivity index (χ0n) is 11.7. The van der Waals surface area contributed by atoms with Gasteiger partial charge in [0.1, 0.15) is 0 Å². The van der Waals surface area contributed by atoms with Gasteiger partial charge in [0.2, 0.25) is 0 Å². The van der Waals surface area contributed by atoms with Gasteiger partial charge in [-0.05, 0) is 23.9 Å². The first-order valence-electron chi connectivity index (χ1n) is 6.82. The maximum Gasteiger partial charge on any atom is 0.0898 e. The maximum atomic E-state index is 9.89. The molecule has 1 aromatic carbocycles. The van der Waals surface area contributed by atoms with Gasteiger partial charge in [-0.25, -0.2) is 0 Å². The predicted molar refractivity (Wildman–Crippen MR) is 82.8 cm³/mol. The minimum atomic E-state index is -0.485. The molecule has 1 heterocycles. The van der Waals surface area contributed by atoms with Crippen molar-refractivity contribution >= 4 is 11.3 Å². The van der Waals surface area contributed by atoms with Gasteiger partial charge in [0.15, 0.2) is 0 Å². The van der Waals surface area contributed by atoms with Crippen molar-refractivity contribution in [1.82, 2.24) is 5.32 Å². The molecule has 2 aromatic rings. The van der Waals surface area contributed by atoms with E-state index in [9.17, 15) is 5.11 Å². The van der Waals surface area contributed by atoms with Crippen LogP contribution in [0.25, 0.3) is 0 Å². The van der Waals surface area contributed by atoms with Crippen LogP contribution < -0.4 is 5.32 Å². The Balaban J connectivity index is 1.62. The van der Waals surface area contributed by atoms with Crippen LogP contribution in [0.1, 0.15) is 23.4 Å². The fourth-order valence-electron chi connectivity index (χ4n) is 1.90. The zero-order valence-corrected chi connectivity index (χ0v) is 12.5. The molecule has 0 radical (unpaired) electrons. The third kappa shape index (κ3) is 5.06. The highest BCUT2D eigenvalue weighted by molar-refractivity contribution is 7.10. The molecule has 2 atom stereocenters. The predicted octanol–water partition coefficient (Wildman–Crippen LogP) is 2.98. The summed E-state index contributed by atoms with van der Waals surface area (Å²) >= 11 is 1.72. The van der Waals surface area contributed by atoms with Gasteiger partial charge in [0, 0.05) is 17.5 Å². The molecule has 2 rings (SSSR count). The van der Waals surface area contributed by atoms with Crippen LogP contribution in [-0.4, -0.2) is 24.4 Å². The van der Waals surface area contributed by atoms with Crippen molar-refractivity contribution in [2.24, 2.45) is 0 Å². The Morgan fingerprint density at radius 2 is 2.00 bits per heavy atom. The minimum absolute atomic E-state index is 0.263. The molecule has 0 fully saturated rings. The smallest absolute Gasteiger partial charge is 0.0898 e. The molecule has 0 spiro atoms. The lowest BCUT2D eigenvalue weighted by atomic mass is 10.2. The lowest BCUT2D eigenvalue weighted by Crippen LogP contribution is -2.31. The number of hydrogen-bond donors (Lipinski definition) is 2. The summed E-state index contributed by atoms with van der Waals surface area (Å²) in [5, 5.41) is 15.3. The summed E-state index contributed by atoms with van der Waals surface area (Å²) in [6.07, 6.45) is -0.485. The highest BCUT2D eigenvalue weighted by atomic mass is 32.1. The normalized spacial score (nSPS) is 14.1. The van der Waals surface area contributed by atoms with Crippen molar-refractivity contribution in [2.45, 2.75) is 25.7 Å². The van der Waals surface area contributed by atoms with Gasteiger partial charge in [0.25, 0.3) is 0 Å². The van der Waals surface area contributed by atoms with E-state index in [1.54, 1.807) is 11.3 Å². The van der Waals surface area contributed by atoms with Crippen LogP contribution >= 0.6 is 11.3 Å². The topological polar surface area (TPSA) is 41.5 Å². The number of aliphatic hydroxyl groups excluding tert-OH is 1. The Labute approximate surface area is 124 Å². The molecule has 0 saturated heterocycles. The van der Waals surface area contributed by atoms with Crippen molar-refractivity contribution in [3.05, 3.63) is 58.3 Å². The van der Waals surface area contributed by atoms with Crippen molar-refractivity contribution in [3.8, 4) is 0 Å². The summed E-state index contributed by atoms with van der Waals surface area (Å²) in [5.41, 5.74) is 1.12.